The summed E-state index contributed by atoms with van der Waals surface area (Å²) in [7, 11) is 0. The molecule has 0 aromatic heterocycles. The third-order valence-electron chi connectivity index (χ3n) is 6.95. The minimum absolute atomic E-state index is 0.0261. The Balaban J connectivity index is 2.84. The van der Waals surface area contributed by atoms with Crippen molar-refractivity contribution in [2.45, 2.75) is 117 Å². The highest BCUT2D eigenvalue weighted by molar-refractivity contribution is 6.00. The molecule has 0 saturated heterocycles. The number of carbonyl (C=O) groups excluding carboxylic acids is 6. The Morgan fingerprint density at radius 1 is 0.667 bits per heavy atom. The van der Waals surface area contributed by atoms with Gasteiger partial charge in [-0.2, -0.15) is 0 Å². The number of ether oxygens (including phenoxy) is 2. The number of hydrogen-bond acceptors (Lipinski definition) is 8. The van der Waals surface area contributed by atoms with Crippen LogP contribution in [-0.2, 0) is 40.1 Å². The van der Waals surface area contributed by atoms with Gasteiger partial charge in [-0.05, 0) is 80.7 Å². The van der Waals surface area contributed by atoms with E-state index in [1.807, 2.05) is 6.07 Å². The van der Waals surface area contributed by atoms with Gasteiger partial charge < -0.3 is 36.1 Å². The minimum Gasteiger partial charge on any atom is -0.458 e. The molecule has 45 heavy (non-hydrogen) atoms. The first-order valence-electron chi connectivity index (χ1n) is 14.8. The molecule has 0 fully saturated rings. The van der Waals surface area contributed by atoms with Crippen LogP contribution in [0.5, 0.6) is 0 Å². The fourth-order valence-corrected chi connectivity index (χ4v) is 3.60. The second-order valence-electron chi connectivity index (χ2n) is 14.1. The van der Waals surface area contributed by atoms with Crippen molar-refractivity contribution in [2.75, 3.05) is 6.54 Å². The van der Waals surface area contributed by atoms with E-state index < -0.39 is 75.9 Å². The molecule has 13 heteroatoms. The number of hydrogen-bond donors (Lipinski definition) is 5. The first-order valence-corrected chi connectivity index (χ1v) is 14.8. The molecule has 0 radical (unpaired) electrons. The molecule has 0 heterocycles. The Labute approximate surface area is 266 Å². The van der Waals surface area contributed by atoms with Gasteiger partial charge >= 0.3 is 12.1 Å². The van der Waals surface area contributed by atoms with Crippen molar-refractivity contribution in [3.63, 3.8) is 0 Å². The number of esters is 1. The van der Waals surface area contributed by atoms with Crippen LogP contribution in [0.2, 0.25) is 0 Å². The topological polar surface area (TPSA) is 181 Å². The summed E-state index contributed by atoms with van der Waals surface area (Å²) in [4.78, 5) is 77.3. The molecule has 252 valence electrons. The zero-order valence-corrected chi connectivity index (χ0v) is 28.6. The van der Waals surface area contributed by atoms with Crippen molar-refractivity contribution in [1.29, 1.82) is 0 Å². The lowest BCUT2D eigenvalue weighted by molar-refractivity contribution is -0.163. The lowest BCUT2D eigenvalue weighted by Gasteiger charge is -2.39. The summed E-state index contributed by atoms with van der Waals surface area (Å²) in [6.45, 7) is 18.5. The number of carbonyl (C=O) groups is 6. The molecule has 1 aromatic rings. The van der Waals surface area contributed by atoms with Crippen molar-refractivity contribution in [1.82, 2.24) is 26.6 Å². The molecule has 0 saturated carbocycles. The first kappa shape index (κ1) is 38.9. The van der Waals surface area contributed by atoms with Crippen molar-refractivity contribution < 1.29 is 38.2 Å². The maximum absolute atomic E-state index is 13.5. The smallest absolute Gasteiger partial charge is 0.407 e. The van der Waals surface area contributed by atoms with Gasteiger partial charge in [0.05, 0.1) is 0 Å². The van der Waals surface area contributed by atoms with Crippen molar-refractivity contribution in [2.24, 2.45) is 5.92 Å². The van der Waals surface area contributed by atoms with E-state index in [2.05, 4.69) is 26.6 Å². The molecule has 0 aliphatic carbocycles. The quantitative estimate of drug-likeness (QED) is 0.125. The second-order valence-corrected chi connectivity index (χ2v) is 14.1. The standard InChI is InChI=1S/C32H51N5O8/c1-20(2)32(12,25(41)36-31(10,11)26(42)45-28(3,4)5)37-24(40)30(8,9)35-23(39)29(6,7)34-22(38)18-33-27(43)44-19-21-16-14-13-15-17-21/h13-17,20H,18-19H2,1-12H3,(H,33,43)(H,34,38)(H,35,39)(H,36,41)(H,37,40)/t32-/m1/s1/i22+1,37+1. The van der Waals surface area contributed by atoms with Crippen LogP contribution in [0.3, 0.4) is 0 Å². The molecule has 0 aliphatic heterocycles. The highest BCUT2D eigenvalue weighted by atomic mass is 16.6. The number of amides is 5. The van der Waals surface area contributed by atoms with Crippen LogP contribution in [0.1, 0.15) is 88.6 Å². The SMILES string of the molecule is CC(C)[C@@](C)([15NH]C(=O)C(C)(C)NC(=O)C(C)(C)N[13C](=O)CNC(=O)OCc1ccccc1)C(=O)NC(C)(C)C(=O)OC(C)(C)C. The molecule has 0 bridgehead atoms. The van der Waals surface area contributed by atoms with E-state index in [1.165, 1.54) is 48.5 Å². The van der Waals surface area contributed by atoms with Crippen LogP contribution in [0.25, 0.3) is 0 Å². The Hall–Kier alpha value is -4.16. The molecule has 0 spiro atoms. The van der Waals surface area contributed by atoms with Crippen molar-refractivity contribution in [3.05, 3.63) is 35.9 Å². The average Bonchev–Trinajstić information content (AvgIpc) is 2.89. The molecule has 1 aromatic carbocycles. The molecule has 5 amide bonds. The second kappa shape index (κ2) is 14.7. The molecule has 0 unspecified atom stereocenters. The maximum Gasteiger partial charge on any atom is 0.407 e. The summed E-state index contributed by atoms with van der Waals surface area (Å²) in [6, 6.07) is 9.01. The highest BCUT2D eigenvalue weighted by Gasteiger charge is 2.46. The molecule has 1 atom stereocenters. The number of alkyl carbamates (subject to hydrolysis) is 1. The van der Waals surface area contributed by atoms with E-state index in [9.17, 15) is 28.8 Å². The van der Waals surface area contributed by atoms with Gasteiger partial charge in [-0.1, -0.05) is 44.2 Å². The van der Waals surface area contributed by atoms with Crippen LogP contribution in [0.15, 0.2) is 30.3 Å². The lowest BCUT2D eigenvalue weighted by Crippen LogP contribution is -2.69. The van der Waals surface area contributed by atoms with Gasteiger partial charge in [-0.15, -0.1) is 0 Å². The lowest BCUT2D eigenvalue weighted by atomic mass is 9.87. The Bertz CT molecular complexity index is 1250. The van der Waals surface area contributed by atoms with Crippen LogP contribution in [0, 0.1) is 5.92 Å². The fraction of sp³-hybridized carbons (Fsp3) is 0.625. The van der Waals surface area contributed by atoms with E-state index in [1.54, 1.807) is 58.9 Å². The number of nitrogens with one attached hydrogen (secondary N) is 5. The summed E-state index contributed by atoms with van der Waals surface area (Å²) in [5.41, 5.74) is -5.89. The summed E-state index contributed by atoms with van der Waals surface area (Å²) < 4.78 is 10.5. The van der Waals surface area contributed by atoms with Crippen LogP contribution < -0.4 is 26.6 Å². The third-order valence-corrected chi connectivity index (χ3v) is 6.95. The predicted molar refractivity (Wildman–Crippen MR) is 169 cm³/mol. The summed E-state index contributed by atoms with van der Waals surface area (Å²) in [6.07, 6.45) is -0.805. The van der Waals surface area contributed by atoms with Gasteiger partial charge in [0.25, 0.3) is 0 Å². The fourth-order valence-electron chi connectivity index (χ4n) is 3.60. The van der Waals surface area contributed by atoms with Gasteiger partial charge in [-0.25, -0.2) is 9.59 Å². The Morgan fingerprint density at radius 3 is 1.67 bits per heavy atom. The van der Waals surface area contributed by atoms with E-state index in [0.717, 1.165) is 5.56 Å². The number of rotatable bonds is 13. The van der Waals surface area contributed by atoms with Crippen molar-refractivity contribution >= 4 is 35.7 Å². The highest BCUT2D eigenvalue weighted by Crippen LogP contribution is 2.22. The monoisotopic (exact) mass is 635 g/mol. The van der Waals surface area contributed by atoms with Gasteiger partial charge in [0.2, 0.25) is 23.6 Å². The van der Waals surface area contributed by atoms with E-state index in [-0.39, 0.29) is 6.61 Å². The summed E-state index contributed by atoms with van der Waals surface area (Å²) in [5.74, 6) is -3.72. The average molecular weight is 636 g/mol. The van der Waals surface area contributed by atoms with E-state index >= 15 is 0 Å². The van der Waals surface area contributed by atoms with Crippen molar-refractivity contribution in [3.8, 4) is 0 Å². The third kappa shape index (κ3) is 12.0. The Kier molecular flexibility index (Phi) is 12.7. The zero-order chi connectivity index (χ0) is 35.0. The molecule has 5 N–H and O–H groups in total. The first-order chi connectivity index (χ1) is 20.3. The summed E-state index contributed by atoms with van der Waals surface area (Å²) >= 11 is 0. The van der Waals surface area contributed by atoms with E-state index in [4.69, 9.17) is 9.47 Å². The largest absolute Gasteiger partial charge is 0.458 e. The van der Waals surface area contributed by atoms with Gasteiger partial charge in [-0.3, -0.25) is 19.2 Å². The minimum atomic E-state index is -1.53. The van der Waals surface area contributed by atoms with Crippen LogP contribution in [0.4, 0.5) is 4.79 Å². The normalized spacial score (nSPS) is 13.5. The molecular formula is C32H51N5O8. The maximum atomic E-state index is 13.5. The van der Waals surface area contributed by atoms with E-state index in [0.29, 0.717) is 0 Å². The van der Waals surface area contributed by atoms with Crippen LogP contribution >= 0.6 is 0 Å². The zero-order valence-electron chi connectivity index (χ0n) is 28.6. The molecular weight excluding hydrogens is 584 g/mol. The molecule has 13 nitrogen and oxygen atoms in total. The van der Waals surface area contributed by atoms with Gasteiger partial charge in [0, 0.05) is 0 Å². The summed E-state index contributed by atoms with van der Waals surface area (Å²) in [5, 5.41) is 12.9. The van der Waals surface area contributed by atoms with Gasteiger partial charge in [0.1, 0.15) is 40.9 Å². The Morgan fingerprint density at radius 2 is 1.16 bits per heavy atom. The predicted octanol–water partition coefficient (Wildman–Crippen LogP) is 2.47. The van der Waals surface area contributed by atoms with Crippen LogP contribution in [-0.4, -0.2) is 70.0 Å². The molecule has 0 aliphatic rings. The molecule has 1 rings (SSSR count). The number of benzene rings is 1. The van der Waals surface area contributed by atoms with Gasteiger partial charge in [0.15, 0.2) is 0 Å².